The summed E-state index contributed by atoms with van der Waals surface area (Å²) < 4.78 is 1.99. The van der Waals surface area contributed by atoms with Crippen molar-refractivity contribution in [2.24, 2.45) is 4.99 Å². The highest BCUT2D eigenvalue weighted by atomic mass is 15.3. The molecule has 0 atom stereocenters. The summed E-state index contributed by atoms with van der Waals surface area (Å²) in [5, 5.41) is 14.5. The SMILES string of the molecule is CCNC(=NCc1nncn1CC)NCCc1ccccn1. The van der Waals surface area contributed by atoms with E-state index in [1.54, 1.807) is 6.33 Å². The monoisotopic (exact) mass is 301 g/mol. The molecule has 0 fully saturated rings. The van der Waals surface area contributed by atoms with Crippen LogP contribution in [0.4, 0.5) is 0 Å². The molecule has 7 nitrogen and oxygen atoms in total. The van der Waals surface area contributed by atoms with Crippen LogP contribution in [0.1, 0.15) is 25.4 Å². The number of hydrogen-bond acceptors (Lipinski definition) is 4. The van der Waals surface area contributed by atoms with E-state index in [9.17, 15) is 0 Å². The predicted octanol–water partition coefficient (Wildman–Crippen LogP) is 0.991. The number of aliphatic imine (C=N–C) groups is 1. The molecule has 0 aliphatic heterocycles. The van der Waals surface area contributed by atoms with Crippen LogP contribution in [0.2, 0.25) is 0 Å². The van der Waals surface area contributed by atoms with E-state index in [-0.39, 0.29) is 0 Å². The Hall–Kier alpha value is -2.44. The molecule has 0 aliphatic carbocycles. The third-order valence-corrected chi connectivity index (χ3v) is 3.16. The third kappa shape index (κ3) is 4.83. The maximum Gasteiger partial charge on any atom is 0.191 e. The van der Waals surface area contributed by atoms with Crippen molar-refractivity contribution in [2.45, 2.75) is 33.4 Å². The highest BCUT2D eigenvalue weighted by Crippen LogP contribution is 1.97. The van der Waals surface area contributed by atoms with Crippen molar-refractivity contribution in [1.82, 2.24) is 30.4 Å². The molecule has 118 valence electrons. The van der Waals surface area contributed by atoms with Gasteiger partial charge in [0.05, 0.1) is 0 Å². The fourth-order valence-electron chi connectivity index (χ4n) is 2.01. The molecule has 0 saturated heterocycles. The van der Waals surface area contributed by atoms with Crippen LogP contribution in [-0.2, 0) is 19.5 Å². The molecule has 0 aliphatic rings. The van der Waals surface area contributed by atoms with Gasteiger partial charge >= 0.3 is 0 Å². The topological polar surface area (TPSA) is 80.0 Å². The highest BCUT2D eigenvalue weighted by molar-refractivity contribution is 5.79. The molecule has 0 amide bonds. The maximum atomic E-state index is 4.55. The largest absolute Gasteiger partial charge is 0.357 e. The molecule has 0 saturated carbocycles. The lowest BCUT2D eigenvalue weighted by Gasteiger charge is -2.11. The molecule has 22 heavy (non-hydrogen) atoms. The zero-order valence-corrected chi connectivity index (χ0v) is 13.2. The zero-order chi connectivity index (χ0) is 15.6. The van der Waals surface area contributed by atoms with Crippen LogP contribution in [0.25, 0.3) is 0 Å². The van der Waals surface area contributed by atoms with E-state index in [1.807, 2.05) is 35.9 Å². The van der Waals surface area contributed by atoms with Gasteiger partial charge in [0, 0.05) is 37.9 Å². The van der Waals surface area contributed by atoms with Crippen LogP contribution in [-0.4, -0.2) is 38.8 Å². The van der Waals surface area contributed by atoms with Crippen LogP contribution < -0.4 is 10.6 Å². The molecule has 0 radical (unpaired) electrons. The molecule has 0 aromatic carbocycles. The zero-order valence-electron chi connectivity index (χ0n) is 13.2. The minimum absolute atomic E-state index is 0.507. The Morgan fingerprint density at radius 3 is 2.91 bits per heavy atom. The van der Waals surface area contributed by atoms with Gasteiger partial charge in [-0.2, -0.15) is 0 Å². The summed E-state index contributed by atoms with van der Waals surface area (Å²) in [5.74, 6) is 1.65. The van der Waals surface area contributed by atoms with Gasteiger partial charge < -0.3 is 15.2 Å². The van der Waals surface area contributed by atoms with Gasteiger partial charge in [0.25, 0.3) is 0 Å². The van der Waals surface area contributed by atoms with Gasteiger partial charge in [0.15, 0.2) is 11.8 Å². The molecular formula is C15H23N7. The lowest BCUT2D eigenvalue weighted by atomic mass is 10.3. The van der Waals surface area contributed by atoms with Gasteiger partial charge in [-0.05, 0) is 26.0 Å². The fraction of sp³-hybridized carbons (Fsp3) is 0.467. The average Bonchev–Trinajstić information content (AvgIpc) is 3.01. The Morgan fingerprint density at radius 2 is 2.18 bits per heavy atom. The minimum atomic E-state index is 0.507. The number of nitrogens with zero attached hydrogens (tertiary/aromatic N) is 5. The number of pyridine rings is 1. The number of guanidine groups is 1. The van der Waals surface area contributed by atoms with Crippen molar-refractivity contribution in [3.8, 4) is 0 Å². The first kappa shape index (κ1) is 15.9. The predicted molar refractivity (Wildman–Crippen MR) is 86.5 cm³/mol. The molecule has 0 spiro atoms. The van der Waals surface area contributed by atoms with E-state index in [2.05, 4.69) is 37.7 Å². The fourth-order valence-corrected chi connectivity index (χ4v) is 2.01. The second-order valence-electron chi connectivity index (χ2n) is 4.73. The van der Waals surface area contributed by atoms with Crippen molar-refractivity contribution in [3.05, 3.63) is 42.2 Å². The van der Waals surface area contributed by atoms with E-state index >= 15 is 0 Å². The standard InChI is InChI=1S/C15H23N7/c1-3-16-15(18-10-8-13-7-5-6-9-17-13)19-11-14-21-20-12-22(14)4-2/h5-7,9,12H,3-4,8,10-11H2,1-2H3,(H2,16,18,19). The quantitative estimate of drug-likeness (QED) is 0.589. The van der Waals surface area contributed by atoms with Gasteiger partial charge in [0.2, 0.25) is 0 Å². The number of nitrogens with one attached hydrogen (secondary N) is 2. The van der Waals surface area contributed by atoms with Gasteiger partial charge in [0.1, 0.15) is 12.9 Å². The molecule has 2 aromatic heterocycles. The molecule has 7 heteroatoms. The second kappa shape index (κ2) is 8.76. The smallest absolute Gasteiger partial charge is 0.191 e. The molecular weight excluding hydrogens is 278 g/mol. The van der Waals surface area contributed by atoms with E-state index in [0.29, 0.717) is 6.54 Å². The minimum Gasteiger partial charge on any atom is -0.357 e. The third-order valence-electron chi connectivity index (χ3n) is 3.16. The number of aromatic nitrogens is 4. The van der Waals surface area contributed by atoms with E-state index in [4.69, 9.17) is 0 Å². The molecule has 2 heterocycles. The summed E-state index contributed by atoms with van der Waals surface area (Å²) in [6.45, 7) is 7.06. The molecule has 0 bridgehead atoms. The molecule has 2 N–H and O–H groups in total. The van der Waals surface area contributed by atoms with Crippen LogP contribution in [0.15, 0.2) is 35.7 Å². The Bertz CT molecular complexity index is 577. The van der Waals surface area contributed by atoms with Gasteiger partial charge in [-0.15, -0.1) is 10.2 Å². The Morgan fingerprint density at radius 1 is 1.27 bits per heavy atom. The summed E-state index contributed by atoms with van der Waals surface area (Å²) in [5.41, 5.74) is 1.07. The average molecular weight is 301 g/mol. The van der Waals surface area contributed by atoms with E-state index < -0.39 is 0 Å². The van der Waals surface area contributed by atoms with Crippen molar-refractivity contribution in [2.75, 3.05) is 13.1 Å². The van der Waals surface area contributed by atoms with Crippen LogP contribution in [0.3, 0.4) is 0 Å². The summed E-state index contributed by atoms with van der Waals surface area (Å²) in [4.78, 5) is 8.86. The first-order valence-corrected chi connectivity index (χ1v) is 7.62. The van der Waals surface area contributed by atoms with Crippen molar-refractivity contribution >= 4 is 5.96 Å². The van der Waals surface area contributed by atoms with Gasteiger partial charge in [-0.3, -0.25) is 4.98 Å². The summed E-state index contributed by atoms with van der Waals surface area (Å²) in [6.07, 6.45) is 4.40. The summed E-state index contributed by atoms with van der Waals surface area (Å²) >= 11 is 0. The first-order chi connectivity index (χ1) is 10.8. The van der Waals surface area contributed by atoms with Crippen molar-refractivity contribution < 1.29 is 0 Å². The Kier molecular flexibility index (Phi) is 6.35. The van der Waals surface area contributed by atoms with Crippen molar-refractivity contribution in [1.29, 1.82) is 0 Å². The number of rotatable bonds is 7. The highest BCUT2D eigenvalue weighted by Gasteiger charge is 2.03. The van der Waals surface area contributed by atoms with Crippen LogP contribution in [0.5, 0.6) is 0 Å². The maximum absolute atomic E-state index is 4.55. The van der Waals surface area contributed by atoms with Gasteiger partial charge in [-0.25, -0.2) is 4.99 Å². The Balaban J connectivity index is 1.87. The molecule has 2 aromatic rings. The summed E-state index contributed by atoms with van der Waals surface area (Å²) in [6, 6.07) is 5.95. The molecule has 0 unspecified atom stereocenters. The number of hydrogen-bond donors (Lipinski definition) is 2. The molecule has 2 rings (SSSR count). The lowest BCUT2D eigenvalue weighted by molar-refractivity contribution is 0.693. The Labute approximate surface area is 130 Å². The lowest BCUT2D eigenvalue weighted by Crippen LogP contribution is -2.38. The van der Waals surface area contributed by atoms with Gasteiger partial charge in [-0.1, -0.05) is 6.07 Å². The van der Waals surface area contributed by atoms with Crippen LogP contribution in [0, 0.1) is 0 Å². The van der Waals surface area contributed by atoms with E-state index in [1.165, 1.54) is 0 Å². The van der Waals surface area contributed by atoms with E-state index in [0.717, 1.165) is 43.5 Å². The second-order valence-corrected chi connectivity index (χ2v) is 4.73. The van der Waals surface area contributed by atoms with Crippen molar-refractivity contribution in [3.63, 3.8) is 0 Å². The normalized spacial score (nSPS) is 11.5. The first-order valence-electron chi connectivity index (χ1n) is 7.62. The van der Waals surface area contributed by atoms with Crippen LogP contribution >= 0.6 is 0 Å². The number of aryl methyl sites for hydroxylation is 1. The summed E-state index contributed by atoms with van der Waals surface area (Å²) in [7, 11) is 0.